The first kappa shape index (κ1) is 21.5. The van der Waals surface area contributed by atoms with Gasteiger partial charge in [-0.2, -0.15) is 0 Å². The van der Waals surface area contributed by atoms with Gasteiger partial charge in [-0.3, -0.25) is 9.10 Å². The highest BCUT2D eigenvalue weighted by Gasteiger charge is 2.32. The van der Waals surface area contributed by atoms with E-state index >= 15 is 0 Å². The summed E-state index contributed by atoms with van der Waals surface area (Å²) in [7, 11) is -0.871. The number of hydrogen-bond donors (Lipinski definition) is 1. The number of nitrogens with zero attached hydrogens (tertiary/aromatic N) is 1. The summed E-state index contributed by atoms with van der Waals surface area (Å²) < 4.78 is 49.4. The first-order valence-electron chi connectivity index (χ1n) is 8.49. The third-order valence-electron chi connectivity index (χ3n) is 4.08. The number of rotatable bonds is 8. The molecule has 1 N–H and O–H groups in total. The molecule has 0 fully saturated rings. The van der Waals surface area contributed by atoms with Crippen molar-refractivity contribution in [2.45, 2.75) is 19.4 Å². The van der Waals surface area contributed by atoms with Crippen LogP contribution in [0.5, 0.6) is 11.5 Å². The smallest absolute Gasteiger partial charge is 0.248 e. The highest BCUT2D eigenvalue weighted by Crippen LogP contribution is 2.30. The van der Waals surface area contributed by atoms with Crippen LogP contribution in [0.3, 0.4) is 0 Å². The summed E-state index contributed by atoms with van der Waals surface area (Å²) in [5.74, 6) is -0.154. The maximum absolute atomic E-state index is 13.3. The van der Waals surface area contributed by atoms with Crippen LogP contribution in [0.25, 0.3) is 0 Å². The molecular weight excluding hydrogens is 387 g/mol. The summed E-state index contributed by atoms with van der Waals surface area (Å²) in [5, 5.41) is 2.70. The predicted molar refractivity (Wildman–Crippen MR) is 106 cm³/mol. The number of anilines is 2. The Hall–Kier alpha value is -2.81. The van der Waals surface area contributed by atoms with Crippen LogP contribution in [0.2, 0.25) is 0 Å². The van der Waals surface area contributed by atoms with E-state index in [0.29, 0.717) is 17.2 Å². The summed E-state index contributed by atoms with van der Waals surface area (Å²) in [4.78, 5) is 13.0. The molecule has 2 rings (SSSR count). The monoisotopic (exact) mass is 410 g/mol. The van der Waals surface area contributed by atoms with Crippen molar-refractivity contribution in [3.63, 3.8) is 0 Å². The number of benzene rings is 2. The van der Waals surface area contributed by atoms with Gasteiger partial charge in [0.2, 0.25) is 15.9 Å². The van der Waals surface area contributed by atoms with Crippen molar-refractivity contribution in [2.75, 3.05) is 30.1 Å². The summed E-state index contributed by atoms with van der Waals surface area (Å²) in [6.45, 7) is 1.69. The van der Waals surface area contributed by atoms with E-state index in [1.54, 1.807) is 25.1 Å². The van der Waals surface area contributed by atoms with Gasteiger partial charge >= 0.3 is 0 Å². The quantitative estimate of drug-likeness (QED) is 0.723. The molecule has 1 atom stereocenters. The molecule has 0 aliphatic rings. The lowest BCUT2D eigenvalue weighted by Gasteiger charge is -2.30. The fraction of sp³-hybridized carbons (Fsp3) is 0.316. The van der Waals surface area contributed by atoms with E-state index in [1.165, 1.54) is 26.4 Å². The van der Waals surface area contributed by atoms with Gasteiger partial charge in [0.05, 0.1) is 31.9 Å². The van der Waals surface area contributed by atoms with Crippen LogP contribution < -0.4 is 19.1 Å². The minimum atomic E-state index is -3.81. The highest BCUT2D eigenvalue weighted by molar-refractivity contribution is 7.92. The summed E-state index contributed by atoms with van der Waals surface area (Å²) in [6.07, 6.45) is 1.20. The summed E-state index contributed by atoms with van der Waals surface area (Å²) in [6, 6.07) is 8.75. The van der Waals surface area contributed by atoms with Gasteiger partial charge in [0.1, 0.15) is 23.4 Å². The van der Waals surface area contributed by atoms with E-state index in [9.17, 15) is 17.6 Å². The van der Waals surface area contributed by atoms with E-state index in [-0.39, 0.29) is 12.1 Å². The molecule has 0 aliphatic heterocycles. The molecule has 0 saturated heterocycles. The van der Waals surface area contributed by atoms with Crippen LogP contribution in [0.4, 0.5) is 15.8 Å². The third-order valence-corrected chi connectivity index (χ3v) is 5.26. The Morgan fingerprint density at radius 3 is 2.29 bits per heavy atom. The molecule has 9 heteroatoms. The Balaban J connectivity index is 2.41. The van der Waals surface area contributed by atoms with Crippen LogP contribution in [-0.2, 0) is 14.8 Å². The number of halogens is 1. The Kier molecular flexibility index (Phi) is 6.85. The number of ether oxygens (including phenoxy) is 2. The molecule has 0 heterocycles. The van der Waals surface area contributed by atoms with E-state index in [0.717, 1.165) is 22.7 Å². The van der Waals surface area contributed by atoms with E-state index in [4.69, 9.17) is 9.47 Å². The van der Waals surface area contributed by atoms with Gasteiger partial charge in [-0.15, -0.1) is 0 Å². The number of hydrogen-bond acceptors (Lipinski definition) is 5. The molecule has 1 amide bonds. The topological polar surface area (TPSA) is 84.9 Å². The van der Waals surface area contributed by atoms with Crippen molar-refractivity contribution in [3.05, 3.63) is 48.3 Å². The fourth-order valence-corrected chi connectivity index (χ4v) is 3.99. The average Bonchev–Trinajstić information content (AvgIpc) is 2.65. The minimum absolute atomic E-state index is 0.197. The van der Waals surface area contributed by atoms with Crippen molar-refractivity contribution < 1.29 is 27.1 Å². The van der Waals surface area contributed by atoms with Crippen molar-refractivity contribution in [1.29, 1.82) is 0 Å². The van der Waals surface area contributed by atoms with Crippen molar-refractivity contribution in [3.8, 4) is 11.5 Å². The van der Waals surface area contributed by atoms with Crippen LogP contribution in [0.15, 0.2) is 42.5 Å². The van der Waals surface area contributed by atoms with Crippen LogP contribution >= 0.6 is 0 Å². The van der Waals surface area contributed by atoms with Gasteiger partial charge in [-0.25, -0.2) is 12.8 Å². The Bertz CT molecular complexity index is 932. The molecule has 0 bridgehead atoms. The number of sulfonamides is 1. The maximum Gasteiger partial charge on any atom is 0.248 e. The first-order valence-corrected chi connectivity index (χ1v) is 10.3. The van der Waals surface area contributed by atoms with Gasteiger partial charge in [-0.05, 0) is 42.8 Å². The van der Waals surface area contributed by atoms with Crippen molar-refractivity contribution in [1.82, 2.24) is 0 Å². The van der Waals surface area contributed by atoms with Gasteiger partial charge in [0.15, 0.2) is 0 Å². The number of amides is 1. The number of carbonyl (C=O) groups excluding carboxylic acids is 1. The normalized spacial score (nSPS) is 12.2. The van der Waals surface area contributed by atoms with E-state index in [1.807, 2.05) is 0 Å². The van der Waals surface area contributed by atoms with Crippen LogP contribution in [0, 0.1) is 5.82 Å². The molecule has 28 heavy (non-hydrogen) atoms. The molecular formula is C19H23FN2O5S. The second-order valence-corrected chi connectivity index (χ2v) is 7.87. The largest absolute Gasteiger partial charge is 0.497 e. The fourth-order valence-electron chi connectivity index (χ4n) is 2.78. The Morgan fingerprint density at radius 2 is 1.79 bits per heavy atom. The standard InChI is InChI=1S/C19H23FN2O5S/c1-5-17(22(28(4,24)25)14-8-6-13(20)7-9-14)19(23)21-16-12-15(26-2)10-11-18(16)27-3/h6-12,17H,5H2,1-4H3,(H,21,23)/t17-/m0/s1. The lowest BCUT2D eigenvalue weighted by molar-refractivity contribution is -0.117. The lowest BCUT2D eigenvalue weighted by atomic mass is 10.1. The molecule has 2 aromatic carbocycles. The average molecular weight is 410 g/mol. The zero-order valence-electron chi connectivity index (χ0n) is 16.1. The van der Waals surface area contributed by atoms with Gasteiger partial charge in [0, 0.05) is 6.07 Å². The van der Waals surface area contributed by atoms with Crippen molar-refractivity contribution in [2.24, 2.45) is 0 Å². The number of methoxy groups -OCH3 is 2. The molecule has 7 nitrogen and oxygen atoms in total. The van der Waals surface area contributed by atoms with Gasteiger partial charge < -0.3 is 14.8 Å². The highest BCUT2D eigenvalue weighted by atomic mass is 32.2. The number of carbonyl (C=O) groups is 1. The first-order chi connectivity index (χ1) is 13.2. The Morgan fingerprint density at radius 1 is 1.14 bits per heavy atom. The number of nitrogens with one attached hydrogen (secondary N) is 1. The summed E-state index contributed by atoms with van der Waals surface area (Å²) >= 11 is 0. The lowest BCUT2D eigenvalue weighted by Crippen LogP contribution is -2.47. The molecule has 0 radical (unpaired) electrons. The van der Waals surface area contributed by atoms with Crippen LogP contribution in [-0.4, -0.2) is 40.8 Å². The molecule has 0 unspecified atom stereocenters. The second kappa shape index (κ2) is 8.92. The molecule has 2 aromatic rings. The zero-order valence-corrected chi connectivity index (χ0v) is 16.9. The summed E-state index contributed by atoms with van der Waals surface area (Å²) in [5.41, 5.74) is 0.543. The molecule has 152 valence electrons. The zero-order chi connectivity index (χ0) is 20.9. The van der Waals surface area contributed by atoms with Gasteiger partial charge in [-0.1, -0.05) is 6.92 Å². The molecule has 0 aliphatic carbocycles. The van der Waals surface area contributed by atoms with Crippen molar-refractivity contribution >= 4 is 27.3 Å². The molecule has 0 saturated carbocycles. The Labute approximate surface area is 164 Å². The van der Waals surface area contributed by atoms with E-state index in [2.05, 4.69) is 5.32 Å². The predicted octanol–water partition coefficient (Wildman–Crippen LogP) is 3.03. The maximum atomic E-state index is 13.3. The molecule has 0 aromatic heterocycles. The van der Waals surface area contributed by atoms with Crippen LogP contribution in [0.1, 0.15) is 13.3 Å². The SMILES string of the molecule is CC[C@@H](C(=O)Nc1cc(OC)ccc1OC)N(c1ccc(F)cc1)S(C)(=O)=O. The van der Waals surface area contributed by atoms with E-state index < -0.39 is 27.8 Å². The van der Waals surface area contributed by atoms with Gasteiger partial charge in [0.25, 0.3) is 0 Å². The third kappa shape index (κ3) is 4.92. The second-order valence-electron chi connectivity index (χ2n) is 6.01. The minimum Gasteiger partial charge on any atom is -0.497 e. The molecule has 0 spiro atoms.